The molecule has 2 rings (SSSR count). The summed E-state index contributed by atoms with van der Waals surface area (Å²) in [7, 11) is 1.85. The minimum atomic E-state index is -0.807. The highest BCUT2D eigenvalue weighted by Crippen LogP contribution is 2.19. The number of likely N-dealkylation sites (N-methyl/N-ethyl adjacent to an activating group) is 1. The average Bonchev–Trinajstić information content (AvgIpc) is 2.82. The lowest BCUT2D eigenvalue weighted by molar-refractivity contribution is -0.138. The van der Waals surface area contributed by atoms with Gasteiger partial charge >= 0.3 is 5.97 Å². The minimum absolute atomic E-state index is 0.0511. The van der Waals surface area contributed by atoms with E-state index in [-0.39, 0.29) is 18.5 Å². The number of carboxylic acid groups (broad SMARTS) is 1. The molecule has 1 unspecified atom stereocenters. The summed E-state index contributed by atoms with van der Waals surface area (Å²) < 4.78 is 0. The van der Waals surface area contributed by atoms with Crippen LogP contribution >= 0.6 is 23.4 Å². The number of carbonyl (C=O) groups is 2. The van der Waals surface area contributed by atoms with E-state index in [1.165, 1.54) is 0 Å². The molecule has 25 heavy (non-hydrogen) atoms. The number of hydrogen-bond acceptors (Lipinski definition) is 4. The molecule has 1 atom stereocenters. The molecular weight excluding hydrogens is 360 g/mol. The summed E-state index contributed by atoms with van der Waals surface area (Å²) in [6.45, 7) is 1.52. The Balaban J connectivity index is 1.74. The second-order valence-electron chi connectivity index (χ2n) is 6.39. The zero-order valence-corrected chi connectivity index (χ0v) is 16.1. The molecule has 5 nitrogen and oxygen atoms in total. The number of hydrogen-bond donors (Lipinski definition) is 1. The molecule has 0 radical (unpaired) electrons. The summed E-state index contributed by atoms with van der Waals surface area (Å²) in [6.07, 6.45) is 2.69. The maximum atomic E-state index is 12.4. The standard InChI is InChI=1S/C18H25ClN2O3S/c1-20(11-18(23)24)16-3-2-9-21(10-8-16)17(22)13-25-12-14-4-6-15(19)7-5-14/h4-7,16H,2-3,8-13H2,1H3,(H,23,24). The Morgan fingerprint density at radius 1 is 1.28 bits per heavy atom. The lowest BCUT2D eigenvalue weighted by Crippen LogP contribution is -2.37. The Kier molecular flexibility index (Phi) is 8.06. The number of nitrogens with zero attached hydrogens (tertiary/aromatic N) is 2. The molecular formula is C18H25ClN2O3S. The molecule has 1 fully saturated rings. The first-order valence-electron chi connectivity index (χ1n) is 8.47. The molecule has 7 heteroatoms. The molecule has 1 aromatic carbocycles. The van der Waals surface area contributed by atoms with Crippen molar-refractivity contribution >= 4 is 35.2 Å². The highest BCUT2D eigenvalue weighted by atomic mass is 35.5. The number of carboxylic acids is 1. The van der Waals surface area contributed by atoms with Crippen molar-refractivity contribution in [3.8, 4) is 0 Å². The van der Waals surface area contributed by atoms with Crippen LogP contribution in [-0.2, 0) is 15.3 Å². The second-order valence-corrected chi connectivity index (χ2v) is 7.82. The molecule has 1 heterocycles. The van der Waals surface area contributed by atoms with E-state index >= 15 is 0 Å². The van der Waals surface area contributed by atoms with E-state index in [4.69, 9.17) is 16.7 Å². The van der Waals surface area contributed by atoms with Crippen molar-refractivity contribution in [2.75, 3.05) is 32.4 Å². The van der Waals surface area contributed by atoms with Crippen molar-refractivity contribution in [2.45, 2.75) is 31.1 Å². The van der Waals surface area contributed by atoms with Crippen LogP contribution in [0, 0.1) is 0 Å². The Morgan fingerprint density at radius 3 is 2.68 bits per heavy atom. The van der Waals surface area contributed by atoms with Gasteiger partial charge in [-0.2, -0.15) is 0 Å². The van der Waals surface area contributed by atoms with Gasteiger partial charge in [0.25, 0.3) is 0 Å². The van der Waals surface area contributed by atoms with Gasteiger partial charge < -0.3 is 10.0 Å². The molecule has 1 saturated heterocycles. The molecule has 1 aliphatic rings. The Bertz CT molecular complexity index is 582. The molecule has 0 aromatic heterocycles. The van der Waals surface area contributed by atoms with Crippen LogP contribution in [-0.4, -0.2) is 65.3 Å². The second kappa shape index (κ2) is 10.0. The Labute approximate surface area is 158 Å². The molecule has 138 valence electrons. The van der Waals surface area contributed by atoms with Gasteiger partial charge in [0.1, 0.15) is 0 Å². The van der Waals surface area contributed by atoms with Crippen molar-refractivity contribution in [3.05, 3.63) is 34.9 Å². The lowest BCUT2D eigenvalue weighted by atomic mass is 10.1. The maximum absolute atomic E-state index is 12.4. The topological polar surface area (TPSA) is 60.9 Å². The number of aliphatic carboxylic acids is 1. The van der Waals surface area contributed by atoms with Crippen LogP contribution < -0.4 is 0 Å². The first-order chi connectivity index (χ1) is 12.0. The van der Waals surface area contributed by atoms with Crippen molar-refractivity contribution < 1.29 is 14.7 Å². The van der Waals surface area contributed by atoms with Gasteiger partial charge in [0, 0.05) is 29.9 Å². The fourth-order valence-electron chi connectivity index (χ4n) is 3.04. The zero-order chi connectivity index (χ0) is 18.2. The van der Waals surface area contributed by atoms with Gasteiger partial charge in [-0.1, -0.05) is 23.7 Å². The SMILES string of the molecule is CN(CC(=O)O)C1CCCN(C(=O)CSCc2ccc(Cl)cc2)CC1. The smallest absolute Gasteiger partial charge is 0.317 e. The molecule has 1 N–H and O–H groups in total. The monoisotopic (exact) mass is 384 g/mol. The van der Waals surface area contributed by atoms with Gasteiger partial charge in [-0.3, -0.25) is 14.5 Å². The first kappa shape index (κ1) is 20.1. The normalized spacial score (nSPS) is 18.2. The summed E-state index contributed by atoms with van der Waals surface area (Å²) in [6, 6.07) is 7.92. The maximum Gasteiger partial charge on any atom is 0.317 e. The van der Waals surface area contributed by atoms with E-state index in [0.717, 1.165) is 42.1 Å². The van der Waals surface area contributed by atoms with Crippen molar-refractivity contribution in [1.29, 1.82) is 0 Å². The van der Waals surface area contributed by atoms with E-state index in [9.17, 15) is 9.59 Å². The van der Waals surface area contributed by atoms with Crippen molar-refractivity contribution in [3.63, 3.8) is 0 Å². The van der Waals surface area contributed by atoms with Gasteiger partial charge in [-0.25, -0.2) is 0 Å². The van der Waals surface area contributed by atoms with Crippen LogP contribution in [0.4, 0.5) is 0 Å². The van der Waals surface area contributed by atoms with Crippen LogP contribution in [0.5, 0.6) is 0 Å². The number of likely N-dealkylation sites (tertiary alicyclic amines) is 1. The summed E-state index contributed by atoms with van der Waals surface area (Å²) in [4.78, 5) is 27.1. The van der Waals surface area contributed by atoms with Crippen LogP contribution in [0.1, 0.15) is 24.8 Å². The summed E-state index contributed by atoms with van der Waals surface area (Å²) in [5.74, 6) is 0.623. The van der Waals surface area contributed by atoms with E-state index in [1.807, 2.05) is 41.1 Å². The third-order valence-corrected chi connectivity index (χ3v) is 5.71. The van der Waals surface area contributed by atoms with Gasteiger partial charge in [-0.15, -0.1) is 11.8 Å². The predicted molar refractivity (Wildman–Crippen MR) is 102 cm³/mol. The van der Waals surface area contributed by atoms with E-state index in [1.54, 1.807) is 11.8 Å². The van der Waals surface area contributed by atoms with Gasteiger partial charge in [0.15, 0.2) is 0 Å². The average molecular weight is 385 g/mol. The summed E-state index contributed by atoms with van der Waals surface area (Å²) in [5, 5.41) is 9.63. The van der Waals surface area contributed by atoms with E-state index in [2.05, 4.69) is 0 Å². The number of amides is 1. The van der Waals surface area contributed by atoms with Crippen LogP contribution in [0.2, 0.25) is 5.02 Å². The number of benzene rings is 1. The predicted octanol–water partition coefficient (Wildman–Crippen LogP) is 2.97. The number of carbonyl (C=O) groups excluding carboxylic acids is 1. The Morgan fingerprint density at radius 2 is 2.00 bits per heavy atom. The summed E-state index contributed by atoms with van der Waals surface area (Å²) >= 11 is 7.49. The van der Waals surface area contributed by atoms with Crippen LogP contribution in [0.15, 0.2) is 24.3 Å². The van der Waals surface area contributed by atoms with Gasteiger partial charge in [0.05, 0.1) is 12.3 Å². The first-order valence-corrected chi connectivity index (χ1v) is 10.0. The fourth-order valence-corrected chi connectivity index (χ4v) is 4.05. The van der Waals surface area contributed by atoms with Gasteiger partial charge in [-0.05, 0) is 44.0 Å². The van der Waals surface area contributed by atoms with Crippen molar-refractivity contribution in [1.82, 2.24) is 9.80 Å². The highest BCUT2D eigenvalue weighted by Gasteiger charge is 2.23. The zero-order valence-electron chi connectivity index (χ0n) is 14.5. The number of halogens is 1. The molecule has 0 aliphatic carbocycles. The molecule has 1 aromatic rings. The number of thioether (sulfide) groups is 1. The molecule has 0 bridgehead atoms. The molecule has 0 saturated carbocycles. The third kappa shape index (κ3) is 6.88. The van der Waals surface area contributed by atoms with Crippen LogP contribution in [0.25, 0.3) is 0 Å². The van der Waals surface area contributed by atoms with E-state index in [0.29, 0.717) is 12.3 Å². The Hall–Kier alpha value is -1.24. The number of rotatable bonds is 7. The molecule has 1 aliphatic heterocycles. The van der Waals surface area contributed by atoms with E-state index < -0.39 is 5.97 Å². The molecule has 1 amide bonds. The quantitative estimate of drug-likeness (QED) is 0.783. The third-order valence-electron chi connectivity index (χ3n) is 4.47. The molecule has 0 spiro atoms. The summed E-state index contributed by atoms with van der Waals surface area (Å²) in [5.41, 5.74) is 1.16. The van der Waals surface area contributed by atoms with Crippen LogP contribution in [0.3, 0.4) is 0 Å². The minimum Gasteiger partial charge on any atom is -0.480 e. The fraction of sp³-hybridized carbons (Fsp3) is 0.556. The highest BCUT2D eigenvalue weighted by molar-refractivity contribution is 7.99. The van der Waals surface area contributed by atoms with Gasteiger partial charge in [0.2, 0.25) is 5.91 Å². The lowest BCUT2D eigenvalue weighted by Gasteiger charge is -2.25. The largest absolute Gasteiger partial charge is 0.480 e. The van der Waals surface area contributed by atoms with Crippen molar-refractivity contribution in [2.24, 2.45) is 0 Å².